The molecule has 7 nitrogen and oxygen atoms in total. The van der Waals surface area contributed by atoms with E-state index in [2.05, 4.69) is 101 Å². The maximum atomic E-state index is 12.3. The highest BCUT2D eigenvalue weighted by atomic mass is 16.8. The number of carbonyl (C=O) groups excluding carboxylic acids is 1. The first-order valence-electron chi connectivity index (χ1n) is 16.3. The van der Waals surface area contributed by atoms with Gasteiger partial charge in [-0.3, -0.25) is 14.6 Å². The topological polar surface area (TPSA) is 57.3 Å². The number of unbranched alkanes of at least 4 members (excludes halogenated alkanes) is 2. The van der Waals surface area contributed by atoms with Crippen molar-refractivity contribution in [3.05, 3.63) is 77.9 Å². The van der Waals surface area contributed by atoms with Gasteiger partial charge in [-0.1, -0.05) is 61.0 Å². The molecule has 0 radical (unpaired) electrons. The number of nitrogens with one attached hydrogen (secondary N) is 1. The Hall–Kier alpha value is -2.97. The van der Waals surface area contributed by atoms with E-state index in [4.69, 9.17) is 9.57 Å². The number of benzene rings is 3. The number of hydrogen-bond acceptors (Lipinski definition) is 6. The number of amides is 1. The van der Waals surface area contributed by atoms with Crippen molar-refractivity contribution in [2.75, 3.05) is 51.8 Å². The van der Waals surface area contributed by atoms with E-state index in [9.17, 15) is 4.79 Å². The highest BCUT2D eigenvalue weighted by Gasteiger charge is 2.27. The minimum absolute atomic E-state index is 0.0490. The van der Waals surface area contributed by atoms with Gasteiger partial charge in [0.05, 0.1) is 0 Å². The summed E-state index contributed by atoms with van der Waals surface area (Å²) in [7, 11) is 4.17. The van der Waals surface area contributed by atoms with Crippen LogP contribution in [0.3, 0.4) is 0 Å². The Kier molecular flexibility index (Phi) is 11.9. The summed E-state index contributed by atoms with van der Waals surface area (Å²) in [6, 6.07) is 24.9. The minimum atomic E-state index is -0.295. The molecule has 2 saturated heterocycles. The van der Waals surface area contributed by atoms with E-state index in [1.54, 1.807) is 0 Å². The van der Waals surface area contributed by atoms with Gasteiger partial charge >= 0.3 is 0 Å². The third-order valence-corrected chi connectivity index (χ3v) is 8.96. The predicted molar refractivity (Wildman–Crippen MR) is 175 cm³/mol. The van der Waals surface area contributed by atoms with Gasteiger partial charge in [0.25, 0.3) is 0 Å². The summed E-state index contributed by atoms with van der Waals surface area (Å²) >= 11 is 0. The number of nitrogens with zero attached hydrogens (tertiary/aromatic N) is 3. The molecule has 2 fully saturated rings. The van der Waals surface area contributed by atoms with E-state index >= 15 is 0 Å². The van der Waals surface area contributed by atoms with E-state index in [0.29, 0.717) is 19.1 Å². The summed E-state index contributed by atoms with van der Waals surface area (Å²) in [6.07, 6.45) is 8.44. The molecule has 2 heterocycles. The monoisotopic (exact) mass is 586 g/mol. The molecule has 0 saturated carbocycles. The van der Waals surface area contributed by atoms with Crippen LogP contribution in [0.25, 0.3) is 10.8 Å². The van der Waals surface area contributed by atoms with E-state index in [-0.39, 0.29) is 12.2 Å². The van der Waals surface area contributed by atoms with Gasteiger partial charge in [0.2, 0.25) is 5.91 Å². The highest BCUT2D eigenvalue weighted by molar-refractivity contribution is 5.85. The lowest BCUT2D eigenvalue weighted by Gasteiger charge is -2.29. The molecule has 2 unspecified atom stereocenters. The second kappa shape index (κ2) is 16.2. The van der Waals surface area contributed by atoms with Crippen LogP contribution in [0.2, 0.25) is 0 Å². The first-order chi connectivity index (χ1) is 21.0. The van der Waals surface area contributed by atoms with Gasteiger partial charge in [-0.25, -0.2) is 10.3 Å². The quantitative estimate of drug-likeness (QED) is 0.170. The van der Waals surface area contributed by atoms with E-state index in [0.717, 1.165) is 77.7 Å². The van der Waals surface area contributed by atoms with Gasteiger partial charge in [0, 0.05) is 71.5 Å². The van der Waals surface area contributed by atoms with Crippen molar-refractivity contribution in [1.82, 2.24) is 15.3 Å². The zero-order valence-electron chi connectivity index (χ0n) is 26.2. The van der Waals surface area contributed by atoms with Crippen molar-refractivity contribution in [2.24, 2.45) is 0 Å². The van der Waals surface area contributed by atoms with Crippen molar-refractivity contribution >= 4 is 22.4 Å². The van der Waals surface area contributed by atoms with Crippen molar-refractivity contribution in [3.63, 3.8) is 0 Å². The number of likely N-dealkylation sites (tertiary alicyclic amines) is 1. The average Bonchev–Trinajstić information content (AvgIpc) is 3.50. The van der Waals surface area contributed by atoms with Gasteiger partial charge in [-0.15, -0.1) is 0 Å². The van der Waals surface area contributed by atoms with Crippen LogP contribution in [0.1, 0.15) is 62.5 Å². The highest BCUT2D eigenvalue weighted by Crippen LogP contribution is 2.23. The van der Waals surface area contributed by atoms with Crippen molar-refractivity contribution in [1.29, 1.82) is 0 Å². The second-order valence-corrected chi connectivity index (χ2v) is 12.4. The Morgan fingerprint density at radius 1 is 0.953 bits per heavy atom. The Labute approximate surface area is 258 Å². The minimum Gasteiger partial charge on any atom is -0.378 e. The largest absolute Gasteiger partial charge is 0.378 e. The Balaban J connectivity index is 1.12. The molecule has 3 aromatic carbocycles. The van der Waals surface area contributed by atoms with Crippen LogP contribution in [0.15, 0.2) is 66.7 Å². The molecule has 43 heavy (non-hydrogen) atoms. The number of ether oxygens (including phenoxy) is 1. The van der Waals surface area contributed by atoms with Crippen molar-refractivity contribution in [2.45, 2.75) is 76.7 Å². The molecular weight excluding hydrogens is 536 g/mol. The standard InChI is InChI=1S/C36H50N4O3/c1-38(2)32-19-17-29(18-20-32)27-39-24-22-33(28-39)40(25-21-31-13-10-12-30-11-5-6-14-34(30)31)23-8-3-4-15-35(41)37-43-36-16-7-9-26-42-36/h5-6,10-14,17-20,33,36H,3-4,7-9,15-16,21-28H2,1-2H3,(H,37,41). The number of carbonyl (C=O) groups is 1. The maximum absolute atomic E-state index is 12.3. The van der Waals surface area contributed by atoms with E-state index < -0.39 is 0 Å². The molecule has 5 rings (SSSR count). The number of fused-ring (bicyclic) bond motifs is 1. The molecule has 0 bridgehead atoms. The first kappa shape index (κ1) is 31.5. The number of rotatable bonds is 15. The van der Waals surface area contributed by atoms with E-state index in [1.165, 1.54) is 34.0 Å². The number of hydrogen-bond donors (Lipinski definition) is 1. The van der Waals surface area contributed by atoms with Crippen molar-refractivity contribution in [3.8, 4) is 0 Å². The van der Waals surface area contributed by atoms with Crippen LogP contribution in [0, 0.1) is 0 Å². The Morgan fingerprint density at radius 2 is 1.79 bits per heavy atom. The molecule has 1 N–H and O–H groups in total. The van der Waals surface area contributed by atoms with E-state index in [1.807, 2.05) is 0 Å². The van der Waals surface area contributed by atoms with Crippen LogP contribution in [0.4, 0.5) is 5.69 Å². The zero-order valence-corrected chi connectivity index (χ0v) is 26.2. The summed E-state index contributed by atoms with van der Waals surface area (Å²) in [6.45, 7) is 6.07. The van der Waals surface area contributed by atoms with Gasteiger partial charge in [-0.05, 0) is 79.1 Å². The lowest BCUT2D eigenvalue weighted by Crippen LogP contribution is -2.39. The molecule has 0 aliphatic carbocycles. The molecule has 0 aromatic heterocycles. The summed E-state index contributed by atoms with van der Waals surface area (Å²) in [5.74, 6) is -0.0490. The Bertz CT molecular complexity index is 1270. The smallest absolute Gasteiger partial charge is 0.243 e. The van der Waals surface area contributed by atoms with Crippen LogP contribution in [-0.4, -0.2) is 74.9 Å². The molecule has 3 aromatic rings. The van der Waals surface area contributed by atoms with Crippen LogP contribution < -0.4 is 10.4 Å². The molecule has 7 heteroatoms. The third kappa shape index (κ3) is 9.51. The fraction of sp³-hybridized carbons (Fsp3) is 0.528. The summed E-state index contributed by atoms with van der Waals surface area (Å²) < 4.78 is 5.53. The second-order valence-electron chi connectivity index (χ2n) is 12.4. The van der Waals surface area contributed by atoms with Crippen LogP contribution in [-0.2, 0) is 27.3 Å². The first-order valence-corrected chi connectivity index (χ1v) is 16.3. The van der Waals surface area contributed by atoms with Gasteiger partial charge in [-0.2, -0.15) is 0 Å². The van der Waals surface area contributed by atoms with Crippen molar-refractivity contribution < 1.29 is 14.4 Å². The zero-order chi connectivity index (χ0) is 29.9. The summed E-state index contributed by atoms with van der Waals surface area (Å²) in [4.78, 5) is 25.2. The fourth-order valence-electron chi connectivity index (χ4n) is 6.43. The lowest BCUT2D eigenvalue weighted by atomic mass is 10.0. The lowest BCUT2D eigenvalue weighted by molar-refractivity contribution is -0.200. The molecular formula is C36H50N4O3. The molecule has 2 atom stereocenters. The van der Waals surface area contributed by atoms with Crippen LogP contribution in [0.5, 0.6) is 0 Å². The Morgan fingerprint density at radius 3 is 2.60 bits per heavy atom. The average molecular weight is 587 g/mol. The fourth-order valence-corrected chi connectivity index (χ4v) is 6.43. The summed E-state index contributed by atoms with van der Waals surface area (Å²) in [5.41, 5.74) is 6.65. The van der Waals surface area contributed by atoms with Gasteiger partial charge < -0.3 is 9.64 Å². The number of anilines is 1. The SMILES string of the molecule is CN(C)c1ccc(CN2CCC(N(CCCCCC(=O)NOC3CCCCO3)CCc3cccc4ccccc34)C2)cc1. The molecule has 2 aliphatic heterocycles. The summed E-state index contributed by atoms with van der Waals surface area (Å²) in [5, 5.41) is 2.68. The molecule has 0 spiro atoms. The van der Waals surface area contributed by atoms with Gasteiger partial charge in [0.1, 0.15) is 0 Å². The molecule has 232 valence electrons. The third-order valence-electron chi connectivity index (χ3n) is 8.96. The molecule has 1 amide bonds. The maximum Gasteiger partial charge on any atom is 0.243 e. The molecule has 2 aliphatic rings. The normalized spacial score (nSPS) is 19.2. The van der Waals surface area contributed by atoms with Gasteiger partial charge in [0.15, 0.2) is 6.29 Å². The predicted octanol–water partition coefficient (Wildman–Crippen LogP) is 6.16. The van der Waals surface area contributed by atoms with Crippen LogP contribution >= 0.6 is 0 Å². The number of hydroxylamine groups is 1.